The highest BCUT2D eigenvalue weighted by Gasteiger charge is 2.45. The number of rotatable bonds is 4. The van der Waals surface area contributed by atoms with E-state index in [1.165, 1.54) is 4.31 Å². The van der Waals surface area contributed by atoms with Crippen molar-refractivity contribution in [3.05, 3.63) is 0 Å². The second kappa shape index (κ2) is 3.41. The Labute approximate surface area is 82.1 Å². The highest BCUT2D eigenvalue weighted by atomic mass is 32.2. The predicted octanol–water partition coefficient (Wildman–Crippen LogP) is 1.07. The molecule has 0 atom stereocenters. The number of hydrogen-bond donors (Lipinski definition) is 0. The van der Waals surface area contributed by atoms with Crippen LogP contribution < -0.4 is 0 Å². The second-order valence-electron chi connectivity index (χ2n) is 4.05. The van der Waals surface area contributed by atoms with E-state index in [0.29, 0.717) is 13.1 Å². The van der Waals surface area contributed by atoms with Crippen LogP contribution in [0.25, 0.3) is 0 Å². The van der Waals surface area contributed by atoms with E-state index in [-0.39, 0.29) is 17.6 Å². The Morgan fingerprint density at radius 3 is 2.29 bits per heavy atom. The highest BCUT2D eigenvalue weighted by molar-refractivity contribution is 7.90. The molecule has 0 spiro atoms. The average Bonchev–Trinajstić information content (AvgIpc) is 2.75. The van der Waals surface area contributed by atoms with Gasteiger partial charge in [-0.25, -0.2) is 21.5 Å². The van der Waals surface area contributed by atoms with Crippen LogP contribution in [0.1, 0.15) is 19.3 Å². The van der Waals surface area contributed by atoms with Gasteiger partial charge in [0, 0.05) is 19.5 Å². The summed E-state index contributed by atoms with van der Waals surface area (Å²) in [5.41, 5.74) is 0. The first kappa shape index (κ1) is 10.3. The van der Waals surface area contributed by atoms with Crippen molar-refractivity contribution in [3.8, 4) is 0 Å². The normalized spacial score (nSPS) is 25.4. The van der Waals surface area contributed by atoms with Gasteiger partial charge < -0.3 is 0 Å². The maximum atomic E-state index is 11.9. The summed E-state index contributed by atoms with van der Waals surface area (Å²) in [5.74, 6) is -0.136. The Morgan fingerprint density at radius 2 is 1.86 bits per heavy atom. The zero-order valence-corrected chi connectivity index (χ0v) is 8.51. The minimum Gasteiger partial charge on any atom is -0.212 e. The Morgan fingerprint density at radius 1 is 1.29 bits per heavy atom. The summed E-state index contributed by atoms with van der Waals surface area (Å²) in [6, 6.07) is 0. The molecule has 0 aromatic heterocycles. The molecule has 1 aliphatic carbocycles. The number of nitrogens with zero attached hydrogens (tertiary/aromatic N) is 1. The van der Waals surface area contributed by atoms with Gasteiger partial charge in [0.25, 0.3) is 0 Å². The van der Waals surface area contributed by atoms with Crippen LogP contribution in [0.4, 0.5) is 8.78 Å². The SMILES string of the molecule is O=S(=O)(C1CC1)N1CC(CC(F)F)C1. The van der Waals surface area contributed by atoms with Crippen LogP contribution in [0.5, 0.6) is 0 Å². The van der Waals surface area contributed by atoms with E-state index in [1.807, 2.05) is 0 Å². The standard InChI is InChI=1S/C8H13F2NO2S/c9-8(10)3-6-4-11(5-6)14(12,13)7-1-2-7/h6-8H,1-5H2. The molecule has 1 saturated carbocycles. The predicted molar refractivity (Wildman–Crippen MR) is 47.6 cm³/mol. The third kappa shape index (κ3) is 1.91. The molecule has 3 nitrogen and oxygen atoms in total. The van der Waals surface area contributed by atoms with E-state index < -0.39 is 16.4 Å². The van der Waals surface area contributed by atoms with Crippen LogP contribution in [0.3, 0.4) is 0 Å². The fraction of sp³-hybridized carbons (Fsp3) is 1.00. The maximum Gasteiger partial charge on any atom is 0.239 e. The Hall–Kier alpha value is -0.230. The highest BCUT2D eigenvalue weighted by Crippen LogP contribution is 2.35. The molecular formula is C8H13F2NO2S. The molecule has 0 bridgehead atoms. The van der Waals surface area contributed by atoms with Crippen LogP contribution in [-0.4, -0.2) is 37.5 Å². The molecule has 6 heteroatoms. The van der Waals surface area contributed by atoms with Crippen LogP contribution in [0, 0.1) is 5.92 Å². The van der Waals surface area contributed by atoms with E-state index in [2.05, 4.69) is 0 Å². The molecule has 0 amide bonds. The molecule has 2 aliphatic rings. The monoisotopic (exact) mass is 225 g/mol. The molecule has 14 heavy (non-hydrogen) atoms. The summed E-state index contributed by atoms with van der Waals surface area (Å²) in [6.45, 7) is 0.590. The van der Waals surface area contributed by atoms with Gasteiger partial charge in [-0.05, 0) is 18.8 Å². The minimum absolute atomic E-state index is 0.136. The first-order valence-corrected chi connectivity index (χ1v) is 6.27. The Bertz CT molecular complexity index is 307. The molecule has 2 fully saturated rings. The van der Waals surface area contributed by atoms with E-state index in [1.54, 1.807) is 0 Å². The van der Waals surface area contributed by atoms with E-state index >= 15 is 0 Å². The number of alkyl halides is 2. The zero-order chi connectivity index (χ0) is 10.3. The molecule has 1 aliphatic heterocycles. The van der Waals surface area contributed by atoms with E-state index in [9.17, 15) is 17.2 Å². The van der Waals surface area contributed by atoms with Crippen molar-refractivity contribution < 1.29 is 17.2 Å². The van der Waals surface area contributed by atoms with Crippen LogP contribution in [0.15, 0.2) is 0 Å². The first-order chi connectivity index (χ1) is 6.50. The summed E-state index contributed by atoms with van der Waals surface area (Å²) in [6.07, 6.45) is -1.02. The number of sulfonamides is 1. The van der Waals surface area contributed by atoms with Gasteiger partial charge in [0.15, 0.2) is 0 Å². The lowest BCUT2D eigenvalue weighted by Gasteiger charge is -2.38. The van der Waals surface area contributed by atoms with Crippen molar-refractivity contribution in [3.63, 3.8) is 0 Å². The van der Waals surface area contributed by atoms with Crippen molar-refractivity contribution in [2.45, 2.75) is 30.9 Å². The summed E-state index contributed by atoms with van der Waals surface area (Å²) < 4.78 is 48.3. The summed E-state index contributed by atoms with van der Waals surface area (Å²) >= 11 is 0. The molecule has 0 unspecified atom stereocenters. The smallest absolute Gasteiger partial charge is 0.212 e. The first-order valence-electron chi connectivity index (χ1n) is 4.77. The van der Waals surface area contributed by atoms with Gasteiger partial charge in [0.2, 0.25) is 16.4 Å². The quantitative estimate of drug-likeness (QED) is 0.717. The van der Waals surface area contributed by atoms with Crippen molar-refractivity contribution in [1.82, 2.24) is 4.31 Å². The zero-order valence-electron chi connectivity index (χ0n) is 7.70. The number of halogens is 2. The fourth-order valence-electron chi connectivity index (χ4n) is 1.71. The van der Waals surface area contributed by atoms with Gasteiger partial charge in [-0.3, -0.25) is 0 Å². The van der Waals surface area contributed by atoms with Crippen molar-refractivity contribution in [2.75, 3.05) is 13.1 Å². The summed E-state index contributed by atoms with van der Waals surface area (Å²) in [7, 11) is -3.11. The maximum absolute atomic E-state index is 11.9. The van der Waals surface area contributed by atoms with Crippen LogP contribution >= 0.6 is 0 Å². The van der Waals surface area contributed by atoms with Gasteiger partial charge in [0.1, 0.15) is 0 Å². The Kier molecular flexibility index (Phi) is 2.51. The molecule has 1 heterocycles. The fourth-order valence-corrected chi connectivity index (χ4v) is 3.70. The molecule has 0 aromatic rings. The van der Waals surface area contributed by atoms with Gasteiger partial charge in [-0.1, -0.05) is 0 Å². The summed E-state index contributed by atoms with van der Waals surface area (Å²) in [5, 5.41) is -0.213. The van der Waals surface area contributed by atoms with E-state index in [0.717, 1.165) is 12.8 Å². The molecule has 0 N–H and O–H groups in total. The van der Waals surface area contributed by atoms with Crippen molar-refractivity contribution in [1.29, 1.82) is 0 Å². The van der Waals surface area contributed by atoms with Gasteiger partial charge in [0.05, 0.1) is 5.25 Å². The van der Waals surface area contributed by atoms with Crippen molar-refractivity contribution in [2.24, 2.45) is 5.92 Å². The third-order valence-corrected chi connectivity index (χ3v) is 5.07. The second-order valence-corrected chi connectivity index (χ2v) is 6.27. The lowest BCUT2D eigenvalue weighted by atomic mass is 10.00. The van der Waals surface area contributed by atoms with Crippen molar-refractivity contribution >= 4 is 10.0 Å². The molecule has 82 valence electrons. The Balaban J connectivity index is 1.82. The topological polar surface area (TPSA) is 37.4 Å². The van der Waals surface area contributed by atoms with Crippen LogP contribution in [0.2, 0.25) is 0 Å². The average molecular weight is 225 g/mol. The number of hydrogen-bond acceptors (Lipinski definition) is 2. The van der Waals surface area contributed by atoms with Gasteiger partial charge in [-0.15, -0.1) is 0 Å². The minimum atomic E-state index is -3.11. The molecule has 0 aromatic carbocycles. The third-order valence-electron chi connectivity index (χ3n) is 2.74. The lowest BCUT2D eigenvalue weighted by Crippen LogP contribution is -2.51. The molecular weight excluding hydrogens is 212 g/mol. The molecule has 2 rings (SSSR count). The largest absolute Gasteiger partial charge is 0.239 e. The summed E-state index contributed by atoms with van der Waals surface area (Å²) in [4.78, 5) is 0. The molecule has 0 radical (unpaired) electrons. The van der Waals surface area contributed by atoms with Gasteiger partial charge >= 0.3 is 0 Å². The molecule has 1 saturated heterocycles. The lowest BCUT2D eigenvalue weighted by molar-refractivity contribution is 0.0737. The van der Waals surface area contributed by atoms with Gasteiger partial charge in [-0.2, -0.15) is 0 Å². The van der Waals surface area contributed by atoms with Crippen LogP contribution in [-0.2, 0) is 10.0 Å². The van der Waals surface area contributed by atoms with E-state index in [4.69, 9.17) is 0 Å².